The van der Waals surface area contributed by atoms with Crippen molar-refractivity contribution in [3.05, 3.63) is 60.6 Å². The van der Waals surface area contributed by atoms with Gasteiger partial charge >= 0.3 is 0 Å². The molecule has 1 N–H and O–H groups in total. The molecule has 3 aromatic heterocycles. The van der Waals surface area contributed by atoms with Crippen molar-refractivity contribution in [2.75, 3.05) is 5.75 Å². The first-order valence-corrected chi connectivity index (χ1v) is 10.2. The molecule has 0 bridgehead atoms. The normalized spacial score (nSPS) is 11.0. The van der Waals surface area contributed by atoms with Crippen molar-refractivity contribution in [3.63, 3.8) is 0 Å². The van der Waals surface area contributed by atoms with E-state index in [1.807, 2.05) is 43.4 Å². The Kier molecular flexibility index (Phi) is 5.17. The number of thioether (sulfide) groups is 1. The van der Waals surface area contributed by atoms with E-state index >= 15 is 0 Å². The highest BCUT2D eigenvalue weighted by molar-refractivity contribution is 8.01. The summed E-state index contributed by atoms with van der Waals surface area (Å²) in [5.74, 6) is 0.319. The van der Waals surface area contributed by atoms with Crippen LogP contribution in [-0.2, 0) is 18.4 Å². The van der Waals surface area contributed by atoms with E-state index in [2.05, 4.69) is 20.4 Å². The Balaban J connectivity index is 1.33. The lowest BCUT2D eigenvalue weighted by atomic mass is 10.1. The van der Waals surface area contributed by atoms with Crippen LogP contribution >= 0.6 is 23.1 Å². The molecule has 0 fully saturated rings. The van der Waals surface area contributed by atoms with Gasteiger partial charge in [0.1, 0.15) is 0 Å². The first-order valence-electron chi connectivity index (χ1n) is 8.36. The van der Waals surface area contributed by atoms with Crippen LogP contribution in [-0.4, -0.2) is 31.4 Å². The van der Waals surface area contributed by atoms with Crippen LogP contribution in [0.3, 0.4) is 0 Å². The van der Waals surface area contributed by atoms with Crippen LogP contribution < -0.4 is 5.32 Å². The van der Waals surface area contributed by atoms with Crippen molar-refractivity contribution < 1.29 is 4.79 Å². The predicted molar refractivity (Wildman–Crippen MR) is 109 cm³/mol. The maximum Gasteiger partial charge on any atom is 0.230 e. The van der Waals surface area contributed by atoms with Gasteiger partial charge < -0.3 is 5.32 Å². The minimum Gasteiger partial charge on any atom is -0.351 e. The maximum atomic E-state index is 12.2. The zero-order chi connectivity index (χ0) is 18.6. The number of nitrogens with one attached hydrogen (secondary N) is 1. The SMILES string of the molecule is Cn1nccc1-c1cncc(CNC(=O)CSc2nc3ccccc3s2)c1. The molecular formula is C19H17N5OS2. The third-order valence-corrected chi connectivity index (χ3v) is 6.18. The van der Waals surface area contributed by atoms with Gasteiger partial charge in [-0.05, 0) is 29.8 Å². The summed E-state index contributed by atoms with van der Waals surface area (Å²) >= 11 is 3.07. The number of fused-ring (bicyclic) bond motifs is 1. The van der Waals surface area contributed by atoms with E-state index in [4.69, 9.17) is 0 Å². The van der Waals surface area contributed by atoms with E-state index in [9.17, 15) is 4.79 Å². The predicted octanol–water partition coefficient (Wildman–Crippen LogP) is 3.50. The number of carbonyl (C=O) groups is 1. The number of para-hydroxylation sites is 1. The van der Waals surface area contributed by atoms with Crippen molar-refractivity contribution in [2.24, 2.45) is 7.05 Å². The van der Waals surface area contributed by atoms with E-state index < -0.39 is 0 Å². The Bertz CT molecular complexity index is 1060. The van der Waals surface area contributed by atoms with Crippen LogP contribution in [0.4, 0.5) is 0 Å². The molecule has 0 spiro atoms. The summed E-state index contributed by atoms with van der Waals surface area (Å²) in [5.41, 5.74) is 3.89. The third kappa shape index (κ3) is 4.17. The molecule has 27 heavy (non-hydrogen) atoms. The van der Waals surface area contributed by atoms with Gasteiger partial charge in [0.2, 0.25) is 5.91 Å². The monoisotopic (exact) mass is 395 g/mol. The molecule has 136 valence electrons. The summed E-state index contributed by atoms with van der Waals surface area (Å²) in [6.45, 7) is 0.442. The molecule has 0 aliphatic rings. The smallest absolute Gasteiger partial charge is 0.230 e. The summed E-state index contributed by atoms with van der Waals surface area (Å²) in [6.07, 6.45) is 5.31. The zero-order valence-electron chi connectivity index (χ0n) is 14.6. The van der Waals surface area contributed by atoms with Gasteiger partial charge in [0.05, 0.1) is 21.7 Å². The number of amides is 1. The van der Waals surface area contributed by atoms with Crippen LogP contribution in [0.15, 0.2) is 59.3 Å². The summed E-state index contributed by atoms with van der Waals surface area (Å²) < 4.78 is 3.85. The highest BCUT2D eigenvalue weighted by Crippen LogP contribution is 2.29. The second kappa shape index (κ2) is 7.89. The van der Waals surface area contributed by atoms with Gasteiger partial charge in [0.15, 0.2) is 4.34 Å². The van der Waals surface area contributed by atoms with Crippen LogP contribution in [0.1, 0.15) is 5.56 Å². The van der Waals surface area contributed by atoms with Crippen LogP contribution in [0.2, 0.25) is 0 Å². The van der Waals surface area contributed by atoms with Crippen LogP contribution in [0.25, 0.3) is 21.5 Å². The molecule has 3 heterocycles. The first kappa shape index (κ1) is 17.7. The molecule has 0 aliphatic carbocycles. The quantitative estimate of drug-likeness (QED) is 0.506. The lowest BCUT2D eigenvalue weighted by molar-refractivity contribution is -0.118. The lowest BCUT2D eigenvalue weighted by Gasteiger charge is -2.07. The number of hydrogen-bond donors (Lipinski definition) is 1. The van der Waals surface area contributed by atoms with Gasteiger partial charge in [-0.15, -0.1) is 11.3 Å². The average Bonchev–Trinajstić information content (AvgIpc) is 3.30. The molecule has 4 aromatic rings. The van der Waals surface area contributed by atoms with E-state index in [1.165, 1.54) is 11.8 Å². The highest BCUT2D eigenvalue weighted by atomic mass is 32.2. The number of aromatic nitrogens is 4. The molecule has 0 saturated heterocycles. The Morgan fingerprint density at radius 1 is 1.26 bits per heavy atom. The summed E-state index contributed by atoms with van der Waals surface area (Å²) in [7, 11) is 1.89. The number of nitrogens with zero attached hydrogens (tertiary/aromatic N) is 4. The largest absolute Gasteiger partial charge is 0.351 e. The van der Waals surface area contributed by atoms with Gasteiger partial charge in [-0.1, -0.05) is 23.9 Å². The van der Waals surface area contributed by atoms with E-state index in [-0.39, 0.29) is 5.91 Å². The molecule has 0 saturated carbocycles. The molecular weight excluding hydrogens is 378 g/mol. The van der Waals surface area contributed by atoms with E-state index in [0.29, 0.717) is 12.3 Å². The molecule has 0 unspecified atom stereocenters. The number of rotatable bonds is 6. The van der Waals surface area contributed by atoms with Crippen LogP contribution in [0.5, 0.6) is 0 Å². The zero-order valence-corrected chi connectivity index (χ0v) is 16.3. The Morgan fingerprint density at radius 3 is 2.96 bits per heavy atom. The third-order valence-electron chi connectivity index (χ3n) is 4.00. The Labute approximate surface area is 164 Å². The fraction of sp³-hybridized carbons (Fsp3) is 0.158. The molecule has 0 radical (unpaired) electrons. The molecule has 1 amide bonds. The standard InChI is InChI=1S/C19H17N5OS2/c1-24-16(6-7-22-24)14-8-13(9-20-11-14)10-21-18(25)12-26-19-23-15-4-2-3-5-17(15)27-19/h2-9,11H,10,12H2,1H3,(H,21,25). The van der Waals surface area contributed by atoms with E-state index in [1.54, 1.807) is 34.6 Å². The highest BCUT2D eigenvalue weighted by Gasteiger charge is 2.09. The Hall–Kier alpha value is -2.71. The minimum absolute atomic E-state index is 0.0230. The van der Waals surface area contributed by atoms with Crippen molar-refractivity contribution in [1.82, 2.24) is 25.1 Å². The van der Waals surface area contributed by atoms with Crippen LogP contribution in [0, 0.1) is 0 Å². The average molecular weight is 396 g/mol. The fourth-order valence-electron chi connectivity index (χ4n) is 2.67. The summed E-state index contributed by atoms with van der Waals surface area (Å²) in [6, 6.07) is 11.9. The number of pyridine rings is 1. The molecule has 8 heteroatoms. The number of hydrogen-bond acceptors (Lipinski definition) is 6. The van der Waals surface area contributed by atoms with Crippen molar-refractivity contribution in [1.29, 1.82) is 0 Å². The topological polar surface area (TPSA) is 72.7 Å². The van der Waals surface area contributed by atoms with Gasteiger partial charge in [0, 0.05) is 37.7 Å². The van der Waals surface area contributed by atoms with Gasteiger partial charge in [-0.2, -0.15) is 5.10 Å². The van der Waals surface area contributed by atoms with Gasteiger partial charge in [-0.25, -0.2) is 4.98 Å². The first-order chi connectivity index (χ1) is 13.2. The Morgan fingerprint density at radius 2 is 2.15 bits per heavy atom. The molecule has 0 aliphatic heterocycles. The number of carbonyl (C=O) groups excluding carboxylic acids is 1. The molecule has 6 nitrogen and oxygen atoms in total. The van der Waals surface area contributed by atoms with Crippen molar-refractivity contribution in [2.45, 2.75) is 10.9 Å². The summed E-state index contributed by atoms with van der Waals surface area (Å²) in [4.78, 5) is 21.0. The van der Waals surface area contributed by atoms with E-state index in [0.717, 1.165) is 31.4 Å². The number of thiazole rings is 1. The fourth-order valence-corrected chi connectivity index (χ4v) is 4.57. The maximum absolute atomic E-state index is 12.2. The van der Waals surface area contributed by atoms with Crippen molar-refractivity contribution in [3.8, 4) is 11.3 Å². The van der Waals surface area contributed by atoms with Gasteiger partial charge in [-0.3, -0.25) is 14.5 Å². The molecule has 0 atom stereocenters. The van der Waals surface area contributed by atoms with Crippen molar-refractivity contribution >= 4 is 39.2 Å². The number of aryl methyl sites for hydroxylation is 1. The molecule has 4 rings (SSSR count). The second-order valence-electron chi connectivity index (χ2n) is 5.93. The lowest BCUT2D eigenvalue weighted by Crippen LogP contribution is -2.24. The second-order valence-corrected chi connectivity index (χ2v) is 8.19. The minimum atomic E-state index is -0.0230. The molecule has 1 aromatic carbocycles. The number of benzene rings is 1. The van der Waals surface area contributed by atoms with Gasteiger partial charge in [0.25, 0.3) is 0 Å². The summed E-state index contributed by atoms with van der Waals surface area (Å²) in [5, 5.41) is 7.12.